The summed E-state index contributed by atoms with van der Waals surface area (Å²) >= 11 is 0. The van der Waals surface area contributed by atoms with Crippen LogP contribution in [0.25, 0.3) is 0 Å². The Morgan fingerprint density at radius 2 is 0.864 bits per heavy atom. The van der Waals surface area contributed by atoms with Gasteiger partial charge in [0.05, 0.1) is 6.61 Å². The molecule has 0 radical (unpaired) electrons. The maximum absolute atomic E-state index is 12.8. The van der Waals surface area contributed by atoms with E-state index in [0.29, 0.717) is 12.8 Å². The van der Waals surface area contributed by atoms with E-state index in [2.05, 4.69) is 26.0 Å². The minimum atomic E-state index is -5.11. The topological polar surface area (TPSA) is 210 Å². The number of carbonyl (C=O) groups is 2. The quantitative estimate of drug-likeness (QED) is 0.0148. The van der Waals surface area contributed by atoms with Crippen molar-refractivity contribution in [1.29, 1.82) is 0 Å². The number of esters is 2. The summed E-state index contributed by atoms with van der Waals surface area (Å²) in [7, 11) is -5.11. The van der Waals surface area contributed by atoms with Crippen LogP contribution in [0.4, 0.5) is 0 Å². The molecule has 6 unspecified atom stereocenters. The molecule has 0 aromatic heterocycles. The van der Waals surface area contributed by atoms with Crippen LogP contribution >= 0.6 is 7.82 Å². The van der Waals surface area contributed by atoms with Crippen LogP contribution in [0.1, 0.15) is 206 Å². The number of rotatable bonds is 39. The van der Waals surface area contributed by atoms with Gasteiger partial charge in [-0.3, -0.25) is 18.6 Å². The number of allylic oxidation sites excluding steroid dienone is 2. The normalized spacial score (nSPS) is 22.4. The predicted molar refractivity (Wildman–Crippen MR) is 231 cm³/mol. The van der Waals surface area contributed by atoms with E-state index in [-0.39, 0.29) is 12.8 Å². The molecule has 0 saturated heterocycles. The van der Waals surface area contributed by atoms with E-state index in [0.717, 1.165) is 51.4 Å². The number of aliphatic hydroxyl groups is 5. The Bertz CT molecular complexity index is 1090. The van der Waals surface area contributed by atoms with E-state index in [1.165, 1.54) is 116 Å². The van der Waals surface area contributed by atoms with Gasteiger partial charge in [-0.1, -0.05) is 167 Å². The van der Waals surface area contributed by atoms with Crippen LogP contribution < -0.4 is 0 Å². The lowest BCUT2D eigenvalue weighted by atomic mass is 9.85. The van der Waals surface area contributed by atoms with Crippen molar-refractivity contribution in [3.05, 3.63) is 12.2 Å². The Morgan fingerprint density at radius 3 is 1.29 bits per heavy atom. The molecule has 0 aliphatic heterocycles. The summed E-state index contributed by atoms with van der Waals surface area (Å²) in [5.41, 5.74) is 0. The lowest BCUT2D eigenvalue weighted by Crippen LogP contribution is -2.64. The Balaban J connectivity index is 2.44. The largest absolute Gasteiger partial charge is 0.472 e. The van der Waals surface area contributed by atoms with E-state index in [4.69, 9.17) is 18.5 Å². The number of unbranched alkanes of at least 4 members (excludes halogenated alkanes) is 25. The second-order valence-corrected chi connectivity index (χ2v) is 18.0. The molecule has 8 atom stereocenters. The second kappa shape index (κ2) is 36.1. The van der Waals surface area contributed by atoms with Crippen LogP contribution in [0.3, 0.4) is 0 Å². The summed E-state index contributed by atoms with van der Waals surface area (Å²) in [6.45, 7) is 3.30. The molecule has 348 valence electrons. The zero-order valence-corrected chi connectivity index (χ0v) is 37.7. The monoisotopic (exact) mass is 865 g/mol. The molecule has 1 aliphatic rings. The van der Waals surface area contributed by atoms with Gasteiger partial charge in [-0.15, -0.1) is 0 Å². The highest BCUT2D eigenvalue weighted by atomic mass is 31.2. The molecule has 0 aromatic carbocycles. The number of aliphatic hydroxyl groups excluding tert-OH is 5. The number of hydrogen-bond acceptors (Lipinski definition) is 12. The lowest BCUT2D eigenvalue weighted by Gasteiger charge is -2.41. The Kier molecular flexibility index (Phi) is 34.0. The van der Waals surface area contributed by atoms with Crippen LogP contribution in [0.15, 0.2) is 12.2 Å². The van der Waals surface area contributed by atoms with Gasteiger partial charge in [0, 0.05) is 12.8 Å². The molecular weight excluding hydrogens is 779 g/mol. The summed E-state index contributed by atoms with van der Waals surface area (Å²) in [6, 6.07) is 0. The average Bonchev–Trinajstić information content (AvgIpc) is 3.21. The minimum absolute atomic E-state index is 0.0959. The number of ether oxygens (including phenoxy) is 2. The molecule has 13 nitrogen and oxygen atoms in total. The molecule has 59 heavy (non-hydrogen) atoms. The van der Waals surface area contributed by atoms with Crippen molar-refractivity contribution >= 4 is 19.8 Å². The number of carbonyl (C=O) groups excluding carboxylic acids is 2. The Morgan fingerprint density at radius 1 is 0.508 bits per heavy atom. The zero-order valence-electron chi connectivity index (χ0n) is 36.8. The van der Waals surface area contributed by atoms with Crippen molar-refractivity contribution in [2.24, 2.45) is 0 Å². The molecule has 14 heteroatoms. The Hall–Kier alpha value is -1.41. The maximum Gasteiger partial charge on any atom is 0.472 e. The highest BCUT2D eigenvalue weighted by Gasteiger charge is 2.51. The molecule has 1 aliphatic carbocycles. The molecular formula is C45H85O13P. The van der Waals surface area contributed by atoms with Crippen LogP contribution in [-0.2, 0) is 32.7 Å². The molecule has 1 fully saturated rings. The van der Waals surface area contributed by atoms with Gasteiger partial charge < -0.3 is 39.9 Å². The van der Waals surface area contributed by atoms with Crippen LogP contribution in [0.2, 0.25) is 0 Å². The summed E-state index contributed by atoms with van der Waals surface area (Å²) in [5.74, 6) is -1.09. The van der Waals surface area contributed by atoms with Gasteiger partial charge >= 0.3 is 19.8 Å². The summed E-state index contributed by atoms with van der Waals surface area (Å²) in [6.07, 6.45) is 24.1. The number of hydrogen-bond donors (Lipinski definition) is 6. The fourth-order valence-electron chi connectivity index (χ4n) is 7.28. The zero-order chi connectivity index (χ0) is 43.6. The molecule has 0 bridgehead atoms. The molecule has 1 saturated carbocycles. The standard InChI is InChI=1S/C45H85O13P/c1-3-5-7-9-11-13-15-17-18-19-20-22-24-26-28-30-32-34-39(47)57-37(36-56-59(53,54)58-45-43(51)41(49)40(48)42(50)44(45)52)35-55-38(46)33-31-29-27-25-23-21-16-14-12-10-8-6-4-2/h17-18,37,40-45,48-52H,3-16,19-36H2,1-2H3,(H,53,54)/b18-17-/t37-,40?,41-,42?,43?,44?,45?/m1/s1. The van der Waals surface area contributed by atoms with Crippen molar-refractivity contribution in [3.63, 3.8) is 0 Å². The van der Waals surface area contributed by atoms with E-state index in [9.17, 15) is 44.6 Å². The molecule has 0 heterocycles. The highest BCUT2D eigenvalue weighted by molar-refractivity contribution is 7.47. The van der Waals surface area contributed by atoms with Crippen molar-refractivity contribution in [2.45, 2.75) is 249 Å². The van der Waals surface area contributed by atoms with Gasteiger partial charge in [0.1, 0.15) is 43.2 Å². The highest BCUT2D eigenvalue weighted by Crippen LogP contribution is 2.47. The lowest BCUT2D eigenvalue weighted by molar-refractivity contribution is -0.220. The summed E-state index contributed by atoms with van der Waals surface area (Å²) in [5, 5.41) is 50.1. The van der Waals surface area contributed by atoms with Crippen LogP contribution in [-0.4, -0.2) is 98.3 Å². The van der Waals surface area contributed by atoms with Crippen molar-refractivity contribution in [1.82, 2.24) is 0 Å². The first kappa shape index (κ1) is 55.6. The maximum atomic E-state index is 12.8. The molecule has 0 amide bonds. The van der Waals surface area contributed by atoms with Crippen LogP contribution in [0, 0.1) is 0 Å². The van der Waals surface area contributed by atoms with Gasteiger partial charge in [-0.05, 0) is 38.5 Å². The SMILES string of the molecule is CCCCCCCC/C=C\CCCCCCCCCC(=O)O[C@H](COC(=O)CCCCCCCCCCCCCCC)COP(=O)(O)OC1C(O)C(O)C(O)[C@@H](O)C1O. The van der Waals surface area contributed by atoms with Crippen molar-refractivity contribution in [2.75, 3.05) is 13.2 Å². The van der Waals surface area contributed by atoms with E-state index in [1.807, 2.05) is 0 Å². The first-order chi connectivity index (χ1) is 28.4. The first-order valence-electron chi connectivity index (χ1n) is 23.5. The fraction of sp³-hybridized carbons (Fsp3) is 0.911. The van der Waals surface area contributed by atoms with Crippen molar-refractivity contribution < 1.29 is 63.1 Å². The summed E-state index contributed by atoms with van der Waals surface area (Å²) in [4.78, 5) is 35.7. The number of phosphoric acid groups is 1. The second-order valence-electron chi connectivity index (χ2n) is 16.6. The third-order valence-corrected chi connectivity index (χ3v) is 12.1. The molecule has 0 aromatic rings. The molecule has 0 spiro atoms. The third-order valence-electron chi connectivity index (χ3n) is 11.1. The van der Waals surface area contributed by atoms with Gasteiger partial charge in [0.25, 0.3) is 0 Å². The van der Waals surface area contributed by atoms with Gasteiger partial charge in [-0.25, -0.2) is 4.57 Å². The molecule has 6 N–H and O–H groups in total. The van der Waals surface area contributed by atoms with Crippen molar-refractivity contribution in [3.8, 4) is 0 Å². The Labute approximate surface area is 356 Å². The van der Waals surface area contributed by atoms with Gasteiger partial charge in [0.15, 0.2) is 6.10 Å². The molecule has 1 rings (SSSR count). The fourth-order valence-corrected chi connectivity index (χ4v) is 8.26. The minimum Gasteiger partial charge on any atom is -0.462 e. The first-order valence-corrected chi connectivity index (χ1v) is 25.0. The number of phosphoric ester groups is 1. The van der Waals surface area contributed by atoms with Gasteiger partial charge in [0.2, 0.25) is 0 Å². The van der Waals surface area contributed by atoms with E-state index in [1.54, 1.807) is 0 Å². The van der Waals surface area contributed by atoms with Gasteiger partial charge in [-0.2, -0.15) is 0 Å². The summed E-state index contributed by atoms with van der Waals surface area (Å²) < 4.78 is 33.5. The third kappa shape index (κ3) is 28.7. The van der Waals surface area contributed by atoms with E-state index >= 15 is 0 Å². The predicted octanol–water partition coefficient (Wildman–Crippen LogP) is 9.06. The smallest absolute Gasteiger partial charge is 0.462 e. The van der Waals surface area contributed by atoms with Crippen LogP contribution in [0.5, 0.6) is 0 Å². The van der Waals surface area contributed by atoms with E-state index < -0.39 is 75.7 Å². The average molecular weight is 865 g/mol.